The maximum Gasteiger partial charge on any atom is 0.256 e. The first-order chi connectivity index (χ1) is 14.6. The van der Waals surface area contributed by atoms with Crippen molar-refractivity contribution < 1.29 is 13.2 Å². The van der Waals surface area contributed by atoms with Crippen LogP contribution in [-0.4, -0.2) is 42.3 Å². The average Bonchev–Trinajstić information content (AvgIpc) is 2.74. The van der Waals surface area contributed by atoms with E-state index in [-0.39, 0.29) is 21.9 Å². The third kappa shape index (κ3) is 4.41. The zero-order valence-corrected chi connectivity index (χ0v) is 19.8. The van der Waals surface area contributed by atoms with E-state index in [9.17, 15) is 18.0 Å². The summed E-state index contributed by atoms with van der Waals surface area (Å²) in [5.74, 6) is 0.463. The number of rotatable bonds is 6. The molecule has 2 aromatic rings. The van der Waals surface area contributed by atoms with Gasteiger partial charge in [-0.05, 0) is 36.5 Å². The van der Waals surface area contributed by atoms with Crippen LogP contribution in [0.2, 0.25) is 0 Å². The molecule has 1 aromatic carbocycles. The lowest BCUT2D eigenvalue weighted by atomic mass is 9.78. The van der Waals surface area contributed by atoms with E-state index in [0.717, 1.165) is 19.3 Å². The molecule has 1 amide bonds. The number of nitrogens with one attached hydrogen (secondary N) is 1. The van der Waals surface area contributed by atoms with E-state index in [0.29, 0.717) is 30.4 Å². The Hall–Kier alpha value is -2.19. The summed E-state index contributed by atoms with van der Waals surface area (Å²) in [5, 5.41) is 3.28. The van der Waals surface area contributed by atoms with Crippen molar-refractivity contribution in [2.75, 3.05) is 13.1 Å². The van der Waals surface area contributed by atoms with Crippen molar-refractivity contribution in [1.29, 1.82) is 0 Å². The van der Waals surface area contributed by atoms with Crippen LogP contribution in [0.1, 0.15) is 57.3 Å². The molecule has 1 saturated carbocycles. The van der Waals surface area contributed by atoms with Crippen molar-refractivity contribution in [3.05, 3.63) is 40.2 Å². The minimum Gasteiger partial charge on any atom is -0.350 e. The van der Waals surface area contributed by atoms with Crippen LogP contribution in [0, 0.1) is 11.8 Å². The summed E-state index contributed by atoms with van der Waals surface area (Å²) in [5.41, 5.74) is 0.177. The van der Waals surface area contributed by atoms with Gasteiger partial charge in [0.2, 0.25) is 15.5 Å². The summed E-state index contributed by atoms with van der Waals surface area (Å²) >= 11 is 0. The van der Waals surface area contributed by atoms with Crippen LogP contribution in [0.15, 0.2) is 34.1 Å². The van der Waals surface area contributed by atoms with Crippen molar-refractivity contribution in [1.82, 2.24) is 14.2 Å². The first kappa shape index (κ1) is 23.5. The molecule has 0 spiro atoms. The molecule has 1 heterocycles. The van der Waals surface area contributed by atoms with E-state index in [2.05, 4.69) is 19.2 Å². The molecule has 3 unspecified atom stereocenters. The van der Waals surface area contributed by atoms with Crippen LogP contribution in [0.4, 0.5) is 0 Å². The van der Waals surface area contributed by atoms with Gasteiger partial charge in [0.15, 0.2) is 0 Å². The molecule has 1 aromatic heterocycles. The minimum atomic E-state index is -3.71. The number of sulfonamides is 1. The fourth-order valence-corrected chi connectivity index (χ4v) is 6.02. The molecule has 3 atom stereocenters. The number of hydrogen-bond acceptors (Lipinski definition) is 4. The van der Waals surface area contributed by atoms with Crippen LogP contribution in [0.5, 0.6) is 0 Å². The maximum atomic E-state index is 13.2. The van der Waals surface area contributed by atoms with Crippen molar-refractivity contribution in [2.24, 2.45) is 18.9 Å². The molecule has 1 fully saturated rings. The highest BCUT2D eigenvalue weighted by Gasteiger charge is 2.29. The van der Waals surface area contributed by atoms with E-state index in [1.807, 2.05) is 0 Å². The highest BCUT2D eigenvalue weighted by Crippen LogP contribution is 2.29. The molecule has 31 heavy (non-hydrogen) atoms. The third-order valence-corrected chi connectivity index (χ3v) is 8.82. The number of fused-ring (bicyclic) bond motifs is 1. The number of carbonyl (C=O) groups excluding carboxylic acids is 1. The fourth-order valence-electron chi connectivity index (χ4n) is 4.54. The molecular formula is C23H33N3O4S. The van der Waals surface area contributed by atoms with Crippen molar-refractivity contribution >= 4 is 26.8 Å². The topological polar surface area (TPSA) is 88.5 Å². The smallest absolute Gasteiger partial charge is 0.256 e. The Morgan fingerprint density at radius 1 is 1.19 bits per heavy atom. The molecular weight excluding hydrogens is 414 g/mol. The van der Waals surface area contributed by atoms with Gasteiger partial charge >= 0.3 is 0 Å². The van der Waals surface area contributed by atoms with Gasteiger partial charge in [-0.3, -0.25) is 9.59 Å². The second-order valence-corrected chi connectivity index (χ2v) is 10.5. The van der Waals surface area contributed by atoms with Gasteiger partial charge in [-0.15, -0.1) is 0 Å². The molecule has 0 aliphatic heterocycles. The molecule has 7 nitrogen and oxygen atoms in total. The van der Waals surface area contributed by atoms with Gasteiger partial charge in [0.25, 0.3) is 5.91 Å². The van der Waals surface area contributed by atoms with Crippen molar-refractivity contribution in [3.63, 3.8) is 0 Å². The standard InChI is InChI=1S/C23H33N3O4S/c1-6-26(7-2)31(29,30)17-11-12-21-18(13-17)22(27)19(14-25(21)5)23(28)24-20-10-8-9-15(3)16(20)4/h11-16,20H,6-10H2,1-5H3,(H,24,28). The predicted molar refractivity (Wildman–Crippen MR) is 123 cm³/mol. The van der Waals surface area contributed by atoms with E-state index in [1.165, 1.54) is 22.6 Å². The summed E-state index contributed by atoms with van der Waals surface area (Å²) in [7, 11) is -1.95. The van der Waals surface area contributed by atoms with E-state index in [1.54, 1.807) is 31.5 Å². The second-order valence-electron chi connectivity index (χ2n) is 8.60. The Labute approximate surface area is 184 Å². The van der Waals surface area contributed by atoms with Gasteiger partial charge in [0.1, 0.15) is 5.56 Å². The van der Waals surface area contributed by atoms with Crippen LogP contribution in [-0.2, 0) is 17.1 Å². The molecule has 0 bridgehead atoms. The number of amides is 1. The summed E-state index contributed by atoms with van der Waals surface area (Å²) in [6.07, 6.45) is 4.64. The Bertz CT molecular complexity index is 1140. The predicted octanol–water partition coefficient (Wildman–Crippen LogP) is 3.12. The number of benzene rings is 1. The van der Waals surface area contributed by atoms with Crippen molar-refractivity contribution in [2.45, 2.75) is 57.9 Å². The summed E-state index contributed by atoms with van der Waals surface area (Å²) in [6.45, 7) is 8.56. The van der Waals surface area contributed by atoms with Gasteiger partial charge in [-0.1, -0.05) is 40.5 Å². The quantitative estimate of drug-likeness (QED) is 0.737. The molecule has 1 aliphatic carbocycles. The Balaban J connectivity index is 2.03. The first-order valence-corrected chi connectivity index (χ1v) is 12.5. The second kappa shape index (κ2) is 9.12. The molecule has 0 saturated heterocycles. The van der Waals surface area contributed by atoms with Gasteiger partial charge in [-0.25, -0.2) is 8.42 Å². The van der Waals surface area contributed by atoms with Gasteiger partial charge in [0.05, 0.1) is 10.4 Å². The lowest BCUT2D eigenvalue weighted by Gasteiger charge is -2.34. The number of pyridine rings is 1. The molecule has 1 aliphatic rings. The molecule has 170 valence electrons. The fraction of sp³-hybridized carbons (Fsp3) is 0.565. The minimum absolute atomic E-state index is 0.0334. The number of nitrogens with zero attached hydrogens (tertiary/aromatic N) is 2. The summed E-state index contributed by atoms with van der Waals surface area (Å²) in [6, 6.07) is 4.57. The zero-order chi connectivity index (χ0) is 22.9. The lowest BCUT2D eigenvalue weighted by Crippen LogP contribution is -2.45. The summed E-state index contributed by atoms with van der Waals surface area (Å²) in [4.78, 5) is 26.3. The van der Waals surface area contributed by atoms with Crippen LogP contribution in [0.3, 0.4) is 0 Å². The third-order valence-electron chi connectivity index (χ3n) is 6.77. The normalized spacial score (nSPS) is 22.1. The highest BCUT2D eigenvalue weighted by atomic mass is 32.2. The first-order valence-electron chi connectivity index (χ1n) is 11.1. The van der Waals surface area contributed by atoms with Crippen LogP contribution in [0.25, 0.3) is 10.9 Å². The van der Waals surface area contributed by atoms with Gasteiger partial charge in [0, 0.05) is 37.8 Å². The lowest BCUT2D eigenvalue weighted by molar-refractivity contribution is 0.0889. The van der Waals surface area contributed by atoms with Crippen LogP contribution >= 0.6 is 0 Å². The van der Waals surface area contributed by atoms with Crippen molar-refractivity contribution in [3.8, 4) is 0 Å². The highest BCUT2D eigenvalue weighted by molar-refractivity contribution is 7.89. The molecule has 0 radical (unpaired) electrons. The number of hydrogen-bond donors (Lipinski definition) is 1. The number of aromatic nitrogens is 1. The largest absolute Gasteiger partial charge is 0.350 e. The monoisotopic (exact) mass is 447 g/mol. The zero-order valence-electron chi connectivity index (χ0n) is 19.0. The van der Waals surface area contributed by atoms with Gasteiger partial charge in [-0.2, -0.15) is 4.31 Å². The van der Waals surface area contributed by atoms with E-state index in [4.69, 9.17) is 0 Å². The average molecular weight is 448 g/mol. The number of aryl methyl sites for hydroxylation is 1. The molecule has 1 N–H and O–H groups in total. The SMILES string of the molecule is CCN(CC)S(=O)(=O)c1ccc2c(c1)c(=O)c(C(=O)NC1CCCC(C)C1C)cn2C. The van der Waals surface area contributed by atoms with E-state index >= 15 is 0 Å². The Morgan fingerprint density at radius 2 is 1.87 bits per heavy atom. The Morgan fingerprint density at radius 3 is 2.52 bits per heavy atom. The van der Waals surface area contributed by atoms with Gasteiger partial charge < -0.3 is 9.88 Å². The Kier molecular flexibility index (Phi) is 6.91. The molecule has 8 heteroatoms. The number of carbonyl (C=O) groups is 1. The summed E-state index contributed by atoms with van der Waals surface area (Å²) < 4.78 is 28.9. The van der Waals surface area contributed by atoms with Crippen LogP contribution < -0.4 is 10.7 Å². The maximum absolute atomic E-state index is 13.2. The molecule has 3 rings (SSSR count). The van der Waals surface area contributed by atoms with E-state index < -0.39 is 21.4 Å².